The van der Waals surface area contributed by atoms with Gasteiger partial charge in [-0.05, 0) is 38.6 Å². The maximum absolute atomic E-state index is 14.4. The van der Waals surface area contributed by atoms with Crippen LogP contribution < -0.4 is 21.3 Å². The van der Waals surface area contributed by atoms with E-state index >= 15 is 0 Å². The number of nitrogen functional groups attached to an aromatic ring is 1. The average molecular weight is 628 g/mol. The topological polar surface area (TPSA) is 134 Å². The van der Waals surface area contributed by atoms with Gasteiger partial charge in [0, 0.05) is 70.5 Å². The number of aryl methyl sites for hydroxylation is 1. The molecule has 0 radical (unpaired) electrons. The van der Waals surface area contributed by atoms with E-state index in [1.165, 1.54) is 13.0 Å². The number of likely N-dealkylation sites (N-methyl/N-ethyl adjacent to an activating group) is 1. The molecule has 0 unspecified atom stereocenters. The molecule has 0 atom stereocenters. The number of halogens is 2. The molecule has 12 nitrogen and oxygen atoms in total. The van der Waals surface area contributed by atoms with E-state index in [2.05, 4.69) is 42.7 Å². The molecule has 2 amide bonds. The van der Waals surface area contributed by atoms with Crippen LogP contribution in [0.25, 0.3) is 11.3 Å². The molecule has 5 rings (SSSR count). The lowest BCUT2D eigenvalue weighted by Gasteiger charge is -2.35. The Hall–Kier alpha value is -3.78. The van der Waals surface area contributed by atoms with Crippen LogP contribution in [-0.2, 0) is 11.3 Å². The maximum atomic E-state index is 14.4. The maximum Gasteiger partial charge on any atom is 0.273 e. The van der Waals surface area contributed by atoms with Crippen molar-refractivity contribution >= 4 is 40.5 Å². The predicted molar refractivity (Wildman–Crippen MR) is 169 cm³/mol. The number of piperazine rings is 1. The number of benzene rings is 2. The molecule has 0 spiro atoms. The Morgan fingerprint density at radius 2 is 1.80 bits per heavy atom. The number of amides is 2. The van der Waals surface area contributed by atoms with Gasteiger partial charge in [0.25, 0.3) is 11.8 Å². The lowest BCUT2D eigenvalue weighted by Crippen LogP contribution is -2.44. The monoisotopic (exact) mass is 627 g/mol. The normalized spacial score (nSPS) is 16.2. The quantitative estimate of drug-likeness (QED) is 0.306. The van der Waals surface area contributed by atoms with Crippen molar-refractivity contribution in [1.29, 1.82) is 0 Å². The van der Waals surface area contributed by atoms with E-state index in [0.717, 1.165) is 71.1 Å². The van der Waals surface area contributed by atoms with Gasteiger partial charge in [-0.25, -0.2) is 9.07 Å². The van der Waals surface area contributed by atoms with Gasteiger partial charge in [-0.3, -0.25) is 14.5 Å². The number of carbonyl (C=O) groups is 2. The highest BCUT2D eigenvalue weighted by Gasteiger charge is 2.25. The number of hydrogen-bond donors (Lipinski definition) is 3. The minimum Gasteiger partial charge on any atom is -0.396 e. The summed E-state index contributed by atoms with van der Waals surface area (Å²) in [5.74, 6) is -1.54. The van der Waals surface area contributed by atoms with Gasteiger partial charge in [-0.2, -0.15) is 0 Å². The van der Waals surface area contributed by atoms with Gasteiger partial charge < -0.3 is 30.9 Å². The number of nitrogens with zero attached hydrogens (tertiary/aromatic N) is 6. The van der Waals surface area contributed by atoms with Gasteiger partial charge >= 0.3 is 0 Å². The zero-order valence-corrected chi connectivity index (χ0v) is 26.1. The van der Waals surface area contributed by atoms with Crippen LogP contribution in [0.1, 0.15) is 32.8 Å². The third-order valence-electron chi connectivity index (χ3n) is 8.18. The summed E-state index contributed by atoms with van der Waals surface area (Å²) in [6.07, 6.45) is 0.802. The molecule has 44 heavy (non-hydrogen) atoms. The largest absolute Gasteiger partial charge is 0.396 e. The highest BCUT2D eigenvalue weighted by molar-refractivity contribution is 6.35. The Kier molecular flexibility index (Phi) is 9.99. The smallest absolute Gasteiger partial charge is 0.273 e. The first-order chi connectivity index (χ1) is 21.2. The average Bonchev–Trinajstić information content (AvgIpc) is 3.46. The number of aromatic nitrogens is 3. The van der Waals surface area contributed by atoms with Gasteiger partial charge in [0.15, 0.2) is 11.5 Å². The van der Waals surface area contributed by atoms with Crippen LogP contribution in [0.3, 0.4) is 0 Å². The molecule has 1 aromatic heterocycles. The standard InChI is InChI=1S/C30H39ClFN9O3/c1-19-25(31)21(18-22(33)26(19)32)29(42)35-23-17-20(5-6-24(23)40-11-9-38(3)10-12-40)28-27(30(43)34-2)36-37-41(28)8-4-7-39-13-15-44-16-14-39/h5-6,17-18H,4,7-16,33H2,1-3H3,(H,34,43)(H,35,42). The lowest BCUT2D eigenvalue weighted by atomic mass is 10.0. The Morgan fingerprint density at radius 3 is 2.50 bits per heavy atom. The van der Waals surface area contributed by atoms with Crippen molar-refractivity contribution in [3.63, 3.8) is 0 Å². The number of ether oxygens (including phenoxy) is 1. The van der Waals surface area contributed by atoms with Crippen molar-refractivity contribution in [1.82, 2.24) is 30.1 Å². The number of hydrogen-bond acceptors (Lipinski definition) is 9. The third-order valence-corrected chi connectivity index (χ3v) is 8.67. The molecule has 14 heteroatoms. The number of anilines is 3. The lowest BCUT2D eigenvalue weighted by molar-refractivity contribution is 0.0368. The van der Waals surface area contributed by atoms with Gasteiger partial charge in [-0.15, -0.1) is 5.10 Å². The predicted octanol–water partition coefficient (Wildman–Crippen LogP) is 2.71. The number of morpholine rings is 1. The van der Waals surface area contributed by atoms with Crippen LogP contribution in [0.4, 0.5) is 21.5 Å². The van der Waals surface area contributed by atoms with E-state index in [9.17, 15) is 14.0 Å². The Balaban J connectivity index is 1.51. The van der Waals surface area contributed by atoms with Gasteiger partial charge in [-0.1, -0.05) is 22.9 Å². The van der Waals surface area contributed by atoms with Gasteiger partial charge in [0.1, 0.15) is 5.69 Å². The summed E-state index contributed by atoms with van der Waals surface area (Å²) in [5, 5.41) is 14.2. The van der Waals surface area contributed by atoms with Crippen molar-refractivity contribution in [3.8, 4) is 11.3 Å². The van der Waals surface area contributed by atoms with E-state index in [1.54, 1.807) is 11.7 Å². The fourth-order valence-electron chi connectivity index (χ4n) is 5.55. The highest BCUT2D eigenvalue weighted by atomic mass is 35.5. The number of rotatable bonds is 9. The fourth-order valence-corrected chi connectivity index (χ4v) is 5.78. The number of nitrogens with two attached hydrogens (primary N) is 1. The molecular weight excluding hydrogens is 589 g/mol. The minimum atomic E-state index is -0.650. The van der Waals surface area contributed by atoms with Crippen molar-refractivity contribution in [2.45, 2.75) is 19.9 Å². The second kappa shape index (κ2) is 13.9. The second-order valence-electron chi connectivity index (χ2n) is 11.1. The van der Waals surface area contributed by atoms with E-state index in [-0.39, 0.29) is 33.4 Å². The Morgan fingerprint density at radius 1 is 1.07 bits per heavy atom. The molecule has 2 fully saturated rings. The van der Waals surface area contributed by atoms with Crippen LogP contribution in [-0.4, -0.2) is 110 Å². The van der Waals surface area contributed by atoms with Crippen molar-refractivity contribution in [3.05, 3.63) is 51.9 Å². The number of nitrogens with one attached hydrogen (secondary N) is 2. The summed E-state index contributed by atoms with van der Waals surface area (Å²) in [6.45, 7) is 9.32. The summed E-state index contributed by atoms with van der Waals surface area (Å²) in [6, 6.07) is 6.92. The molecule has 236 valence electrons. The van der Waals surface area contributed by atoms with Crippen LogP contribution in [0.2, 0.25) is 5.02 Å². The van der Waals surface area contributed by atoms with Gasteiger partial charge in [0.2, 0.25) is 0 Å². The number of carbonyl (C=O) groups excluding carboxylic acids is 2. The summed E-state index contributed by atoms with van der Waals surface area (Å²) in [5.41, 5.74) is 8.57. The molecule has 0 aliphatic carbocycles. The zero-order valence-electron chi connectivity index (χ0n) is 25.3. The molecule has 3 heterocycles. The fraction of sp³-hybridized carbons (Fsp3) is 0.467. The van der Waals surface area contributed by atoms with Crippen LogP contribution >= 0.6 is 11.6 Å². The van der Waals surface area contributed by atoms with E-state index in [0.29, 0.717) is 23.5 Å². The van der Waals surface area contributed by atoms with Crippen molar-refractivity contribution < 1.29 is 18.7 Å². The summed E-state index contributed by atoms with van der Waals surface area (Å²) in [7, 11) is 3.62. The summed E-state index contributed by atoms with van der Waals surface area (Å²) >= 11 is 6.40. The molecule has 2 saturated heterocycles. The minimum absolute atomic E-state index is 0.00375. The SMILES string of the molecule is CNC(=O)c1nnn(CCCN2CCOCC2)c1-c1ccc(N2CCN(C)CC2)c(NC(=O)c2cc(N)c(F)c(C)c2Cl)c1. The molecule has 4 N–H and O–H groups in total. The van der Waals surface area contributed by atoms with Gasteiger partial charge in [0.05, 0.1) is 40.9 Å². The molecule has 0 saturated carbocycles. The van der Waals surface area contributed by atoms with Crippen molar-refractivity contribution in [2.75, 3.05) is 89.1 Å². The second-order valence-corrected chi connectivity index (χ2v) is 11.5. The highest BCUT2D eigenvalue weighted by Crippen LogP contribution is 2.35. The third kappa shape index (κ3) is 6.80. The first-order valence-corrected chi connectivity index (χ1v) is 15.1. The first kappa shape index (κ1) is 31.6. The molecule has 0 bridgehead atoms. The summed E-state index contributed by atoms with van der Waals surface area (Å²) < 4.78 is 21.6. The van der Waals surface area contributed by atoms with E-state index in [4.69, 9.17) is 22.1 Å². The van der Waals surface area contributed by atoms with Crippen molar-refractivity contribution in [2.24, 2.45) is 0 Å². The molecule has 2 aromatic carbocycles. The molecule has 3 aromatic rings. The zero-order chi connectivity index (χ0) is 31.4. The molecule has 2 aliphatic heterocycles. The first-order valence-electron chi connectivity index (χ1n) is 14.8. The van der Waals surface area contributed by atoms with E-state index in [1.807, 2.05) is 18.2 Å². The summed E-state index contributed by atoms with van der Waals surface area (Å²) in [4.78, 5) is 33.3. The Labute approximate surface area is 261 Å². The van der Waals surface area contributed by atoms with E-state index < -0.39 is 11.7 Å². The van der Waals surface area contributed by atoms with Crippen LogP contribution in [0, 0.1) is 12.7 Å². The Bertz CT molecular complexity index is 1520. The van der Waals surface area contributed by atoms with Crippen LogP contribution in [0.15, 0.2) is 24.3 Å². The molecule has 2 aliphatic rings. The molecular formula is C30H39ClFN9O3. The van der Waals surface area contributed by atoms with Crippen LogP contribution in [0.5, 0.6) is 0 Å².